The highest BCUT2D eigenvalue weighted by Gasteiger charge is 2.28. The van der Waals surface area contributed by atoms with Crippen molar-refractivity contribution in [1.29, 1.82) is 0 Å². The zero-order valence-corrected chi connectivity index (χ0v) is 12.9. The van der Waals surface area contributed by atoms with Gasteiger partial charge < -0.3 is 10.5 Å². The second-order valence-corrected chi connectivity index (χ2v) is 5.67. The minimum Gasteiger partial charge on any atom is -0.492 e. The Morgan fingerprint density at radius 2 is 2.15 bits per heavy atom. The van der Waals surface area contributed by atoms with Crippen LogP contribution in [0.2, 0.25) is 0 Å². The van der Waals surface area contributed by atoms with Gasteiger partial charge in [-0.3, -0.25) is 0 Å². The lowest BCUT2D eigenvalue weighted by atomic mass is 10.0. The molecule has 0 radical (unpaired) electrons. The number of aryl methyl sites for hydroxylation is 1. The van der Waals surface area contributed by atoms with E-state index in [1.165, 1.54) is 0 Å². The third-order valence-corrected chi connectivity index (χ3v) is 4.33. The third kappa shape index (κ3) is 2.26. The molecular formula is C15H16BrN3O. The van der Waals surface area contributed by atoms with E-state index in [0.29, 0.717) is 12.4 Å². The van der Waals surface area contributed by atoms with Crippen LogP contribution >= 0.6 is 15.9 Å². The van der Waals surface area contributed by atoms with E-state index in [9.17, 15) is 0 Å². The molecule has 1 aliphatic heterocycles. The summed E-state index contributed by atoms with van der Waals surface area (Å²) in [4.78, 5) is 9.12. The van der Waals surface area contributed by atoms with Crippen LogP contribution in [0.25, 0.3) is 0 Å². The normalized spacial score (nSPS) is 16.8. The van der Waals surface area contributed by atoms with E-state index in [-0.39, 0.29) is 5.92 Å². The Morgan fingerprint density at radius 3 is 2.95 bits per heavy atom. The fourth-order valence-corrected chi connectivity index (χ4v) is 2.84. The van der Waals surface area contributed by atoms with Gasteiger partial charge in [0.2, 0.25) is 0 Å². The first kappa shape index (κ1) is 13.4. The summed E-state index contributed by atoms with van der Waals surface area (Å²) >= 11 is 3.47. The lowest BCUT2D eigenvalue weighted by Crippen LogP contribution is -2.12. The summed E-state index contributed by atoms with van der Waals surface area (Å²) in [7, 11) is 0. The summed E-state index contributed by atoms with van der Waals surface area (Å²) in [5.74, 6) is 2.23. The first-order valence-electron chi connectivity index (χ1n) is 6.74. The number of hydrogen-bond donors (Lipinski definition) is 1. The molecule has 1 aliphatic rings. The largest absolute Gasteiger partial charge is 0.492 e. The van der Waals surface area contributed by atoms with Gasteiger partial charge in [-0.2, -0.15) is 0 Å². The highest BCUT2D eigenvalue weighted by atomic mass is 79.9. The summed E-state index contributed by atoms with van der Waals surface area (Å²) in [5.41, 5.74) is 8.11. The van der Waals surface area contributed by atoms with Gasteiger partial charge in [-0.1, -0.05) is 31.5 Å². The molecule has 0 spiro atoms. The summed E-state index contributed by atoms with van der Waals surface area (Å²) in [6.45, 7) is 2.70. The molecule has 2 aromatic rings. The van der Waals surface area contributed by atoms with Crippen LogP contribution in [0.5, 0.6) is 5.75 Å². The van der Waals surface area contributed by atoms with Gasteiger partial charge in [0.1, 0.15) is 24.0 Å². The van der Waals surface area contributed by atoms with Gasteiger partial charge in [-0.05, 0) is 28.4 Å². The lowest BCUT2D eigenvalue weighted by Gasteiger charge is -2.12. The number of rotatable bonds is 3. The van der Waals surface area contributed by atoms with Crippen molar-refractivity contribution in [3.63, 3.8) is 0 Å². The van der Waals surface area contributed by atoms with Crippen molar-refractivity contribution in [2.45, 2.75) is 25.7 Å². The number of aromatic nitrogens is 2. The number of anilines is 1. The van der Waals surface area contributed by atoms with E-state index >= 15 is 0 Å². The van der Waals surface area contributed by atoms with Crippen molar-refractivity contribution in [1.82, 2.24) is 9.97 Å². The summed E-state index contributed by atoms with van der Waals surface area (Å²) in [6.07, 6.45) is 1.90. The molecule has 2 N–H and O–H groups in total. The van der Waals surface area contributed by atoms with E-state index in [1.54, 1.807) is 0 Å². The molecule has 1 atom stereocenters. The molecule has 5 heteroatoms. The average Bonchev–Trinajstić information content (AvgIpc) is 2.88. The third-order valence-electron chi connectivity index (χ3n) is 3.46. The molecule has 4 nitrogen and oxygen atoms in total. The van der Waals surface area contributed by atoms with Gasteiger partial charge in [-0.25, -0.2) is 9.97 Å². The Kier molecular flexibility index (Phi) is 3.61. The molecular weight excluding hydrogens is 318 g/mol. The minimum atomic E-state index is 0.0669. The Labute approximate surface area is 126 Å². The number of nitrogen functional groups attached to an aromatic ring is 1. The van der Waals surface area contributed by atoms with Crippen LogP contribution in [0.1, 0.15) is 36.3 Å². The molecule has 0 saturated carbocycles. The molecule has 1 aromatic heterocycles. The molecule has 104 valence electrons. The van der Waals surface area contributed by atoms with E-state index in [4.69, 9.17) is 10.5 Å². The van der Waals surface area contributed by atoms with Crippen LogP contribution in [0, 0.1) is 0 Å². The number of nitrogens with zero attached hydrogens (tertiary/aromatic N) is 2. The van der Waals surface area contributed by atoms with E-state index < -0.39 is 0 Å². The maximum Gasteiger partial charge on any atom is 0.142 e. The molecule has 3 rings (SSSR count). The van der Waals surface area contributed by atoms with Gasteiger partial charge >= 0.3 is 0 Å². The monoisotopic (exact) mass is 333 g/mol. The van der Waals surface area contributed by atoms with E-state index in [2.05, 4.69) is 38.9 Å². The Bertz CT molecular complexity index is 645. The molecule has 0 fully saturated rings. The van der Waals surface area contributed by atoms with Gasteiger partial charge in [0.15, 0.2) is 0 Å². The van der Waals surface area contributed by atoms with Crippen LogP contribution < -0.4 is 10.5 Å². The molecule has 2 heterocycles. The molecule has 1 aromatic carbocycles. The maximum absolute atomic E-state index is 6.00. The first-order chi connectivity index (χ1) is 9.70. The zero-order chi connectivity index (χ0) is 14.1. The second-order valence-electron chi connectivity index (χ2n) is 4.88. The van der Waals surface area contributed by atoms with Crippen molar-refractivity contribution in [2.75, 3.05) is 12.3 Å². The van der Waals surface area contributed by atoms with Crippen molar-refractivity contribution in [3.8, 4) is 5.75 Å². The quantitative estimate of drug-likeness (QED) is 0.936. The second kappa shape index (κ2) is 5.40. The molecule has 1 unspecified atom stereocenters. The number of fused-ring (bicyclic) bond motifs is 1. The van der Waals surface area contributed by atoms with Gasteiger partial charge in [-0.15, -0.1) is 0 Å². The Hall–Kier alpha value is -1.62. The molecule has 20 heavy (non-hydrogen) atoms. The van der Waals surface area contributed by atoms with E-state index in [1.807, 2.05) is 18.2 Å². The molecule has 0 aliphatic carbocycles. The highest BCUT2D eigenvalue weighted by Crippen LogP contribution is 2.37. The van der Waals surface area contributed by atoms with Gasteiger partial charge in [0.05, 0.1) is 16.1 Å². The zero-order valence-electron chi connectivity index (χ0n) is 11.3. The molecule has 0 saturated heterocycles. The van der Waals surface area contributed by atoms with Crippen LogP contribution in [0.3, 0.4) is 0 Å². The maximum atomic E-state index is 6.00. The predicted octanol–water partition coefficient (Wildman–Crippen LogP) is 3.30. The highest BCUT2D eigenvalue weighted by molar-refractivity contribution is 9.10. The van der Waals surface area contributed by atoms with Gasteiger partial charge in [0.25, 0.3) is 0 Å². The number of nitrogens with two attached hydrogens (primary N) is 1. The topological polar surface area (TPSA) is 61.0 Å². The van der Waals surface area contributed by atoms with Crippen molar-refractivity contribution in [2.24, 2.45) is 0 Å². The van der Waals surface area contributed by atoms with Crippen LogP contribution in [0.4, 0.5) is 5.82 Å². The molecule has 0 bridgehead atoms. The number of hydrogen-bond acceptors (Lipinski definition) is 4. The minimum absolute atomic E-state index is 0.0669. The van der Waals surface area contributed by atoms with Crippen molar-refractivity contribution in [3.05, 3.63) is 45.8 Å². The van der Waals surface area contributed by atoms with Crippen molar-refractivity contribution < 1.29 is 4.74 Å². The fourth-order valence-electron chi connectivity index (χ4n) is 2.47. The number of benzene rings is 1. The predicted molar refractivity (Wildman–Crippen MR) is 81.9 cm³/mol. The fraction of sp³-hybridized carbons (Fsp3) is 0.333. The number of halogens is 1. The Balaban J connectivity index is 2.03. The standard InChI is InChI=1S/C15H16BrN3O/c1-2-5-11-13(16)14(17)19-15(18-11)10-8-20-12-7-4-3-6-9(10)12/h3-4,6-7,10H,2,5,8H2,1H3,(H2,17,18,19). The number of para-hydroxylation sites is 1. The first-order valence-corrected chi connectivity index (χ1v) is 7.53. The Morgan fingerprint density at radius 1 is 1.35 bits per heavy atom. The molecule has 0 amide bonds. The van der Waals surface area contributed by atoms with Crippen LogP contribution in [-0.4, -0.2) is 16.6 Å². The summed E-state index contributed by atoms with van der Waals surface area (Å²) < 4.78 is 6.52. The van der Waals surface area contributed by atoms with Gasteiger partial charge in [0, 0.05) is 5.56 Å². The SMILES string of the molecule is CCCc1nc(C2COc3ccccc32)nc(N)c1Br. The number of ether oxygens (including phenoxy) is 1. The van der Waals surface area contributed by atoms with E-state index in [0.717, 1.165) is 40.1 Å². The van der Waals surface area contributed by atoms with Crippen LogP contribution in [-0.2, 0) is 6.42 Å². The average molecular weight is 334 g/mol. The van der Waals surface area contributed by atoms with Crippen LogP contribution in [0.15, 0.2) is 28.7 Å². The summed E-state index contributed by atoms with van der Waals surface area (Å²) in [5, 5.41) is 0. The lowest BCUT2D eigenvalue weighted by molar-refractivity contribution is 0.339. The summed E-state index contributed by atoms with van der Waals surface area (Å²) in [6, 6.07) is 8.02. The smallest absolute Gasteiger partial charge is 0.142 e. The van der Waals surface area contributed by atoms with Crippen molar-refractivity contribution >= 4 is 21.7 Å².